The summed E-state index contributed by atoms with van der Waals surface area (Å²) in [5, 5.41) is 8.57. The minimum Gasteiger partial charge on any atom is -0.481 e. The molecule has 0 rings (SSSR count). The fraction of sp³-hybridized carbons (Fsp3) is 0.950. The van der Waals surface area contributed by atoms with Gasteiger partial charge in [-0.25, -0.2) is 0 Å². The van der Waals surface area contributed by atoms with Crippen molar-refractivity contribution in [3.8, 4) is 0 Å². The molecule has 0 saturated heterocycles. The van der Waals surface area contributed by atoms with Gasteiger partial charge in [-0.1, -0.05) is 77.6 Å². The van der Waals surface area contributed by atoms with Crippen LogP contribution in [-0.2, 0) is 9.53 Å². The fourth-order valence-electron chi connectivity index (χ4n) is 3.05. The van der Waals surface area contributed by atoms with Crippen molar-refractivity contribution < 1.29 is 14.6 Å². The Balaban J connectivity index is 3.39. The molecule has 0 bridgehead atoms. The minimum absolute atomic E-state index is 0.330. The molecule has 0 aromatic rings. The average Bonchev–Trinajstić information content (AvgIpc) is 2.52. The molecule has 138 valence electrons. The summed E-state index contributed by atoms with van der Waals surface area (Å²) in [6.07, 6.45) is 18.1. The zero-order chi connectivity index (χ0) is 17.2. The second-order valence-electron chi connectivity index (χ2n) is 6.69. The third kappa shape index (κ3) is 17.6. The first-order valence-electron chi connectivity index (χ1n) is 10.0. The van der Waals surface area contributed by atoms with Gasteiger partial charge >= 0.3 is 5.97 Å². The van der Waals surface area contributed by atoms with Crippen molar-refractivity contribution in [3.63, 3.8) is 0 Å². The molecule has 23 heavy (non-hydrogen) atoms. The molecule has 1 N–H and O–H groups in total. The first-order chi connectivity index (χ1) is 11.2. The van der Waals surface area contributed by atoms with Crippen LogP contribution in [0.2, 0.25) is 0 Å². The van der Waals surface area contributed by atoms with Crippen molar-refractivity contribution in [2.45, 2.75) is 116 Å². The van der Waals surface area contributed by atoms with Gasteiger partial charge in [-0.15, -0.1) is 0 Å². The van der Waals surface area contributed by atoms with Crippen LogP contribution in [-0.4, -0.2) is 23.8 Å². The Morgan fingerprint density at radius 3 is 1.74 bits per heavy atom. The molecule has 0 aromatic carbocycles. The summed E-state index contributed by atoms with van der Waals surface area (Å²) in [6, 6.07) is 0. The molecule has 0 amide bonds. The maximum absolute atomic E-state index is 10.4. The number of hydrogen-bond acceptors (Lipinski definition) is 2. The number of hydrogen-bond donors (Lipinski definition) is 1. The maximum Gasteiger partial charge on any atom is 0.303 e. The molecular weight excluding hydrogens is 288 g/mol. The third-order valence-electron chi connectivity index (χ3n) is 4.45. The minimum atomic E-state index is -0.663. The average molecular weight is 329 g/mol. The van der Waals surface area contributed by atoms with Gasteiger partial charge in [0.1, 0.15) is 0 Å². The van der Waals surface area contributed by atoms with E-state index in [2.05, 4.69) is 13.8 Å². The summed E-state index contributed by atoms with van der Waals surface area (Å²) >= 11 is 0. The van der Waals surface area contributed by atoms with Crippen LogP contribution in [0, 0.1) is 0 Å². The highest BCUT2D eigenvalue weighted by atomic mass is 16.5. The summed E-state index contributed by atoms with van der Waals surface area (Å²) in [5.74, 6) is -0.663. The highest BCUT2D eigenvalue weighted by Crippen LogP contribution is 2.16. The van der Waals surface area contributed by atoms with Crippen LogP contribution in [0.15, 0.2) is 0 Å². The topological polar surface area (TPSA) is 46.5 Å². The Hall–Kier alpha value is -0.570. The van der Waals surface area contributed by atoms with Crippen molar-refractivity contribution >= 4 is 5.97 Å². The zero-order valence-corrected chi connectivity index (χ0v) is 15.7. The highest BCUT2D eigenvalue weighted by Gasteiger charge is 2.07. The molecule has 0 heterocycles. The molecule has 3 heteroatoms. The largest absolute Gasteiger partial charge is 0.481 e. The lowest BCUT2D eigenvalue weighted by Gasteiger charge is -2.16. The first kappa shape index (κ1) is 22.4. The Morgan fingerprint density at radius 2 is 1.26 bits per heavy atom. The molecule has 0 saturated carbocycles. The van der Waals surface area contributed by atoms with Crippen molar-refractivity contribution in [1.82, 2.24) is 0 Å². The molecular formula is C20H40O3. The lowest BCUT2D eigenvalue weighted by molar-refractivity contribution is -0.137. The van der Waals surface area contributed by atoms with Gasteiger partial charge in [-0.05, 0) is 26.2 Å². The molecule has 1 atom stereocenters. The molecule has 0 aliphatic heterocycles. The standard InChI is InChI=1S/C20H40O3/c1-3-5-6-13-16-19(23-4-2)17-14-11-9-7-8-10-12-15-18-20(21)22/h19H,3-18H2,1-2H3,(H,21,22). The van der Waals surface area contributed by atoms with Gasteiger partial charge in [-0.2, -0.15) is 0 Å². The van der Waals surface area contributed by atoms with E-state index in [1.54, 1.807) is 0 Å². The Kier molecular flexibility index (Phi) is 17.3. The van der Waals surface area contributed by atoms with Crippen LogP contribution in [0.4, 0.5) is 0 Å². The predicted molar refractivity (Wildman–Crippen MR) is 98.0 cm³/mol. The van der Waals surface area contributed by atoms with E-state index in [1.165, 1.54) is 77.0 Å². The second kappa shape index (κ2) is 17.8. The van der Waals surface area contributed by atoms with Gasteiger partial charge in [0.25, 0.3) is 0 Å². The summed E-state index contributed by atoms with van der Waals surface area (Å²) < 4.78 is 5.87. The first-order valence-corrected chi connectivity index (χ1v) is 10.0. The lowest BCUT2D eigenvalue weighted by atomic mass is 10.0. The zero-order valence-electron chi connectivity index (χ0n) is 15.7. The van der Waals surface area contributed by atoms with Crippen LogP contribution >= 0.6 is 0 Å². The monoisotopic (exact) mass is 328 g/mol. The van der Waals surface area contributed by atoms with Crippen molar-refractivity contribution in [2.75, 3.05) is 6.61 Å². The fourth-order valence-corrected chi connectivity index (χ4v) is 3.05. The normalized spacial score (nSPS) is 12.4. The number of aliphatic carboxylic acids is 1. The summed E-state index contributed by atoms with van der Waals surface area (Å²) in [6.45, 7) is 5.20. The van der Waals surface area contributed by atoms with Crippen molar-refractivity contribution in [3.05, 3.63) is 0 Å². The number of carboxylic acid groups (broad SMARTS) is 1. The molecule has 1 unspecified atom stereocenters. The number of unbranched alkanes of at least 4 members (excludes halogenated alkanes) is 10. The summed E-state index contributed by atoms with van der Waals surface area (Å²) in [7, 11) is 0. The molecule has 3 nitrogen and oxygen atoms in total. The van der Waals surface area contributed by atoms with E-state index in [1.807, 2.05) is 0 Å². The van der Waals surface area contributed by atoms with Crippen LogP contribution in [0.5, 0.6) is 0 Å². The van der Waals surface area contributed by atoms with Crippen molar-refractivity contribution in [2.24, 2.45) is 0 Å². The van der Waals surface area contributed by atoms with E-state index in [4.69, 9.17) is 9.84 Å². The van der Waals surface area contributed by atoms with E-state index >= 15 is 0 Å². The Morgan fingerprint density at radius 1 is 0.783 bits per heavy atom. The van der Waals surface area contributed by atoms with E-state index in [-0.39, 0.29) is 0 Å². The molecule has 0 radical (unpaired) electrons. The van der Waals surface area contributed by atoms with Gasteiger partial charge in [-0.3, -0.25) is 4.79 Å². The third-order valence-corrected chi connectivity index (χ3v) is 4.45. The lowest BCUT2D eigenvalue weighted by Crippen LogP contribution is -2.12. The molecule has 0 fully saturated rings. The van der Waals surface area contributed by atoms with Gasteiger partial charge in [0.05, 0.1) is 6.10 Å². The second-order valence-corrected chi connectivity index (χ2v) is 6.69. The van der Waals surface area contributed by atoms with Crippen LogP contribution in [0.3, 0.4) is 0 Å². The van der Waals surface area contributed by atoms with Gasteiger partial charge in [0.2, 0.25) is 0 Å². The highest BCUT2D eigenvalue weighted by molar-refractivity contribution is 5.66. The van der Waals surface area contributed by atoms with Gasteiger partial charge in [0.15, 0.2) is 0 Å². The summed E-state index contributed by atoms with van der Waals surface area (Å²) in [5.41, 5.74) is 0. The molecule has 0 aromatic heterocycles. The molecule has 0 spiro atoms. The smallest absolute Gasteiger partial charge is 0.303 e. The van der Waals surface area contributed by atoms with E-state index in [0.717, 1.165) is 19.4 Å². The van der Waals surface area contributed by atoms with Gasteiger partial charge < -0.3 is 9.84 Å². The van der Waals surface area contributed by atoms with Gasteiger partial charge in [0, 0.05) is 13.0 Å². The Bertz CT molecular complexity index is 253. The number of ether oxygens (including phenoxy) is 1. The van der Waals surface area contributed by atoms with Crippen molar-refractivity contribution in [1.29, 1.82) is 0 Å². The summed E-state index contributed by atoms with van der Waals surface area (Å²) in [4.78, 5) is 10.4. The quantitative estimate of drug-likeness (QED) is 0.298. The predicted octanol–water partition coefficient (Wildman–Crippen LogP) is 6.35. The number of carboxylic acids is 1. The van der Waals surface area contributed by atoms with Crippen LogP contribution in [0.25, 0.3) is 0 Å². The Labute approximate surface area is 144 Å². The molecule has 0 aliphatic carbocycles. The number of rotatable bonds is 18. The van der Waals surface area contributed by atoms with Crippen LogP contribution < -0.4 is 0 Å². The number of carbonyl (C=O) groups is 1. The van der Waals surface area contributed by atoms with E-state index in [0.29, 0.717) is 12.5 Å². The van der Waals surface area contributed by atoms with E-state index < -0.39 is 5.97 Å². The SMILES string of the molecule is CCCCCCC(CCCCCCCCCCC(=O)O)OCC. The van der Waals surface area contributed by atoms with Crippen LogP contribution in [0.1, 0.15) is 110 Å². The molecule has 0 aliphatic rings. The maximum atomic E-state index is 10.4. The van der Waals surface area contributed by atoms with E-state index in [9.17, 15) is 4.79 Å².